The van der Waals surface area contributed by atoms with E-state index in [1.807, 2.05) is 13.2 Å². The van der Waals surface area contributed by atoms with E-state index >= 15 is 0 Å². The monoisotopic (exact) mass is 245 g/mol. The summed E-state index contributed by atoms with van der Waals surface area (Å²) in [5.74, 6) is -0.270. The largest absolute Gasteiger partial charge is 0.507 e. The van der Waals surface area contributed by atoms with E-state index in [4.69, 9.17) is 0 Å². The minimum absolute atomic E-state index is 0.00335. The highest BCUT2D eigenvalue weighted by Crippen LogP contribution is 2.14. The third-order valence-corrected chi connectivity index (χ3v) is 2.61. The number of benzene rings is 1. The molecule has 5 nitrogen and oxygen atoms in total. The summed E-state index contributed by atoms with van der Waals surface area (Å²) in [7, 11) is 1.85. The van der Waals surface area contributed by atoms with Gasteiger partial charge in [-0.3, -0.25) is 9.48 Å². The number of carbonyl (C=O) groups is 1. The Hall–Kier alpha value is -2.30. The van der Waals surface area contributed by atoms with Crippen LogP contribution >= 0.6 is 0 Å². The van der Waals surface area contributed by atoms with E-state index in [1.165, 1.54) is 6.07 Å². The molecule has 1 heterocycles. The molecule has 0 unspecified atom stereocenters. The van der Waals surface area contributed by atoms with E-state index in [9.17, 15) is 9.90 Å². The Labute approximate surface area is 105 Å². The molecule has 0 saturated carbocycles. The molecule has 2 rings (SSSR count). The maximum atomic E-state index is 11.8. The van der Waals surface area contributed by atoms with Gasteiger partial charge in [0.2, 0.25) is 0 Å². The molecule has 2 N–H and O–H groups in total. The summed E-state index contributed by atoms with van der Waals surface area (Å²) in [5.41, 5.74) is 1.36. The molecule has 2 aromatic rings. The first-order chi connectivity index (χ1) is 8.66. The second-order valence-corrected chi connectivity index (χ2v) is 4.05. The van der Waals surface area contributed by atoms with Crippen molar-refractivity contribution in [3.63, 3.8) is 0 Å². The Balaban J connectivity index is 1.87. The number of para-hydroxylation sites is 1. The van der Waals surface area contributed by atoms with E-state index in [1.54, 1.807) is 29.1 Å². The lowest BCUT2D eigenvalue weighted by molar-refractivity contribution is 0.0951. The fourth-order valence-corrected chi connectivity index (χ4v) is 1.68. The third-order valence-electron chi connectivity index (χ3n) is 2.61. The lowest BCUT2D eigenvalue weighted by Gasteiger charge is -2.05. The summed E-state index contributed by atoms with van der Waals surface area (Å²) < 4.78 is 1.72. The standard InChI is InChI=1S/C13H15N3O2/c1-16-9-10(8-15-16)6-7-14-13(18)11-4-2-3-5-12(11)17/h2-5,8-9,17H,6-7H2,1H3,(H,14,18). The van der Waals surface area contributed by atoms with Crippen LogP contribution < -0.4 is 5.32 Å². The first-order valence-corrected chi connectivity index (χ1v) is 5.70. The molecule has 0 saturated heterocycles. The van der Waals surface area contributed by atoms with Crippen LogP contribution in [0.1, 0.15) is 15.9 Å². The Kier molecular flexibility index (Phi) is 3.62. The molecular formula is C13H15N3O2. The summed E-state index contributed by atoms with van der Waals surface area (Å²) in [6, 6.07) is 6.49. The van der Waals surface area contributed by atoms with E-state index in [0.717, 1.165) is 5.56 Å². The van der Waals surface area contributed by atoms with Crippen LogP contribution in [0.25, 0.3) is 0 Å². The average molecular weight is 245 g/mol. The number of phenolic OH excluding ortho intramolecular Hbond substituents is 1. The lowest BCUT2D eigenvalue weighted by atomic mass is 10.2. The molecule has 0 aliphatic rings. The molecule has 0 atom stereocenters. The SMILES string of the molecule is Cn1cc(CCNC(=O)c2ccccc2O)cn1. The first-order valence-electron chi connectivity index (χ1n) is 5.70. The number of hydrogen-bond acceptors (Lipinski definition) is 3. The predicted molar refractivity (Wildman–Crippen MR) is 67.4 cm³/mol. The number of nitrogens with one attached hydrogen (secondary N) is 1. The molecule has 5 heteroatoms. The van der Waals surface area contributed by atoms with Crippen LogP contribution in [0.15, 0.2) is 36.7 Å². The fourth-order valence-electron chi connectivity index (χ4n) is 1.68. The van der Waals surface area contributed by atoms with Crippen LogP contribution in [0.2, 0.25) is 0 Å². The van der Waals surface area contributed by atoms with Crippen molar-refractivity contribution in [1.29, 1.82) is 0 Å². The molecule has 18 heavy (non-hydrogen) atoms. The van der Waals surface area contributed by atoms with Gasteiger partial charge >= 0.3 is 0 Å². The van der Waals surface area contributed by atoms with E-state index in [-0.39, 0.29) is 11.7 Å². The second kappa shape index (κ2) is 5.35. The highest BCUT2D eigenvalue weighted by atomic mass is 16.3. The van der Waals surface area contributed by atoms with Crippen LogP contribution in [0.4, 0.5) is 0 Å². The van der Waals surface area contributed by atoms with Gasteiger partial charge in [-0.2, -0.15) is 5.10 Å². The van der Waals surface area contributed by atoms with Crippen molar-refractivity contribution in [2.45, 2.75) is 6.42 Å². The smallest absolute Gasteiger partial charge is 0.255 e. The number of rotatable bonds is 4. The van der Waals surface area contributed by atoms with Crippen molar-refractivity contribution in [1.82, 2.24) is 15.1 Å². The van der Waals surface area contributed by atoms with E-state index < -0.39 is 0 Å². The highest BCUT2D eigenvalue weighted by molar-refractivity contribution is 5.96. The molecule has 1 aromatic carbocycles. The summed E-state index contributed by atoms with van der Waals surface area (Å²) in [5, 5.41) is 16.3. The van der Waals surface area contributed by atoms with Gasteiger partial charge in [0.1, 0.15) is 5.75 Å². The van der Waals surface area contributed by atoms with Gasteiger partial charge in [-0.25, -0.2) is 0 Å². The van der Waals surface area contributed by atoms with Crippen molar-refractivity contribution >= 4 is 5.91 Å². The average Bonchev–Trinajstić information content (AvgIpc) is 2.75. The summed E-state index contributed by atoms with van der Waals surface area (Å²) >= 11 is 0. The predicted octanol–water partition coefficient (Wildman–Crippen LogP) is 1.10. The molecule has 1 amide bonds. The van der Waals surface area contributed by atoms with Gasteiger partial charge in [0, 0.05) is 19.8 Å². The topological polar surface area (TPSA) is 67.2 Å². The third kappa shape index (κ3) is 2.88. The van der Waals surface area contributed by atoms with E-state index in [2.05, 4.69) is 10.4 Å². The van der Waals surface area contributed by atoms with Gasteiger partial charge < -0.3 is 10.4 Å². The van der Waals surface area contributed by atoms with Crippen molar-refractivity contribution in [3.05, 3.63) is 47.8 Å². The molecular weight excluding hydrogens is 230 g/mol. The zero-order valence-electron chi connectivity index (χ0n) is 10.1. The first kappa shape index (κ1) is 12.2. The number of amides is 1. The van der Waals surface area contributed by atoms with Crippen LogP contribution in [-0.2, 0) is 13.5 Å². The number of carbonyl (C=O) groups excluding carboxylic acids is 1. The van der Waals surface area contributed by atoms with E-state index in [0.29, 0.717) is 18.5 Å². The number of aromatic hydroxyl groups is 1. The summed E-state index contributed by atoms with van der Waals surface area (Å²) in [6.45, 7) is 0.513. The lowest BCUT2D eigenvalue weighted by Crippen LogP contribution is -2.25. The maximum Gasteiger partial charge on any atom is 0.255 e. The Morgan fingerprint density at radius 2 is 2.22 bits per heavy atom. The summed E-state index contributed by atoms with van der Waals surface area (Å²) in [6.07, 6.45) is 4.39. The number of aromatic nitrogens is 2. The van der Waals surface area contributed by atoms with Gasteiger partial charge in [-0.05, 0) is 24.1 Å². The molecule has 94 valence electrons. The number of hydrogen-bond donors (Lipinski definition) is 2. The van der Waals surface area contributed by atoms with Crippen molar-refractivity contribution in [2.24, 2.45) is 7.05 Å². The number of nitrogens with zero attached hydrogens (tertiary/aromatic N) is 2. The molecule has 0 bridgehead atoms. The fraction of sp³-hybridized carbons (Fsp3) is 0.231. The Morgan fingerprint density at radius 1 is 1.44 bits per heavy atom. The quantitative estimate of drug-likeness (QED) is 0.847. The van der Waals surface area contributed by atoms with Gasteiger partial charge in [-0.1, -0.05) is 12.1 Å². The van der Waals surface area contributed by atoms with Crippen molar-refractivity contribution in [2.75, 3.05) is 6.54 Å². The van der Waals surface area contributed by atoms with Crippen LogP contribution in [-0.4, -0.2) is 27.3 Å². The normalized spacial score (nSPS) is 10.3. The highest BCUT2D eigenvalue weighted by Gasteiger charge is 2.09. The molecule has 0 aliphatic heterocycles. The van der Waals surface area contributed by atoms with Gasteiger partial charge in [-0.15, -0.1) is 0 Å². The van der Waals surface area contributed by atoms with Crippen molar-refractivity contribution in [3.8, 4) is 5.75 Å². The minimum Gasteiger partial charge on any atom is -0.507 e. The van der Waals surface area contributed by atoms with Crippen LogP contribution in [0.3, 0.4) is 0 Å². The Bertz CT molecular complexity index is 549. The molecule has 0 fully saturated rings. The number of aryl methyl sites for hydroxylation is 1. The zero-order chi connectivity index (χ0) is 13.0. The van der Waals surface area contributed by atoms with Crippen LogP contribution in [0.5, 0.6) is 5.75 Å². The molecule has 0 spiro atoms. The molecule has 0 radical (unpaired) electrons. The van der Waals surface area contributed by atoms with Gasteiger partial charge in [0.15, 0.2) is 0 Å². The Morgan fingerprint density at radius 3 is 2.89 bits per heavy atom. The van der Waals surface area contributed by atoms with Crippen LogP contribution in [0, 0.1) is 0 Å². The van der Waals surface area contributed by atoms with Crippen molar-refractivity contribution < 1.29 is 9.90 Å². The van der Waals surface area contributed by atoms with Gasteiger partial charge in [0.25, 0.3) is 5.91 Å². The summed E-state index contributed by atoms with van der Waals surface area (Å²) in [4.78, 5) is 11.8. The number of phenols is 1. The van der Waals surface area contributed by atoms with Gasteiger partial charge in [0.05, 0.1) is 11.8 Å². The minimum atomic E-state index is -0.267. The maximum absolute atomic E-state index is 11.8. The molecule has 0 aliphatic carbocycles. The second-order valence-electron chi connectivity index (χ2n) is 4.05. The zero-order valence-corrected chi connectivity index (χ0v) is 10.1. The molecule has 1 aromatic heterocycles.